The molecule has 0 bridgehead atoms. The molecule has 4 aromatic rings. The second-order valence-corrected chi connectivity index (χ2v) is 11.2. The highest BCUT2D eigenvalue weighted by Crippen LogP contribution is 2.34. The van der Waals surface area contributed by atoms with Crippen molar-refractivity contribution in [1.82, 2.24) is 0 Å². The van der Waals surface area contributed by atoms with Crippen molar-refractivity contribution >= 4 is 21.1 Å². The van der Waals surface area contributed by atoms with Crippen LogP contribution in [-0.4, -0.2) is 8.42 Å². The quantitative estimate of drug-likeness (QED) is 0.317. The van der Waals surface area contributed by atoms with Gasteiger partial charge in [-0.3, -0.25) is 4.79 Å². The first kappa shape index (κ1) is 23.8. The van der Waals surface area contributed by atoms with E-state index in [2.05, 4.69) is 20.8 Å². The Balaban J connectivity index is 1.95. The SMILES string of the molecule is Cc1ccc(S(=O)(=O)Oc2c(-c3ccc(C(C)(C)C)cc3)oc3cc(C)c(C)cc3c2=O)cc1. The maximum Gasteiger partial charge on any atom is 0.339 e. The predicted molar refractivity (Wildman–Crippen MR) is 135 cm³/mol. The standard InChI is InChI=1S/C28H28O5S/c1-17-7-13-22(14-8-17)34(30,31)33-27-25(29)23-15-18(2)19(3)16-24(23)32-26(27)20-9-11-21(12-10-20)28(4,5)6/h7-16H,1-6H3. The van der Waals surface area contributed by atoms with E-state index in [9.17, 15) is 13.2 Å². The number of hydrogen-bond donors (Lipinski definition) is 0. The monoisotopic (exact) mass is 476 g/mol. The topological polar surface area (TPSA) is 73.6 Å². The zero-order valence-corrected chi connectivity index (χ0v) is 21.0. The number of benzene rings is 3. The Labute approximate surface area is 200 Å². The summed E-state index contributed by atoms with van der Waals surface area (Å²) in [5.41, 5.74) is 4.21. The van der Waals surface area contributed by atoms with Gasteiger partial charge < -0.3 is 8.60 Å². The third-order valence-electron chi connectivity index (χ3n) is 5.98. The summed E-state index contributed by atoms with van der Waals surface area (Å²) >= 11 is 0. The van der Waals surface area contributed by atoms with Crippen LogP contribution in [0.2, 0.25) is 0 Å². The summed E-state index contributed by atoms with van der Waals surface area (Å²) in [7, 11) is -4.26. The number of hydrogen-bond acceptors (Lipinski definition) is 5. The average Bonchev–Trinajstić information content (AvgIpc) is 2.77. The molecular weight excluding hydrogens is 448 g/mol. The van der Waals surface area contributed by atoms with E-state index < -0.39 is 15.5 Å². The minimum atomic E-state index is -4.26. The Morgan fingerprint density at radius 1 is 0.824 bits per heavy atom. The normalized spacial score (nSPS) is 12.2. The molecular formula is C28H28O5S. The van der Waals surface area contributed by atoms with Crippen molar-refractivity contribution in [1.29, 1.82) is 0 Å². The molecule has 5 nitrogen and oxygen atoms in total. The molecule has 0 saturated heterocycles. The minimum absolute atomic E-state index is 0.0354. The summed E-state index contributed by atoms with van der Waals surface area (Å²) in [4.78, 5) is 13.5. The van der Waals surface area contributed by atoms with Crippen LogP contribution in [-0.2, 0) is 15.5 Å². The lowest BCUT2D eigenvalue weighted by Crippen LogP contribution is -2.17. The van der Waals surface area contributed by atoms with Crippen LogP contribution < -0.4 is 9.61 Å². The summed E-state index contributed by atoms with van der Waals surface area (Å²) in [6.07, 6.45) is 0. The third-order valence-corrected chi connectivity index (χ3v) is 7.22. The highest BCUT2D eigenvalue weighted by Gasteiger charge is 2.26. The first-order valence-corrected chi connectivity index (χ1v) is 12.5. The van der Waals surface area contributed by atoms with E-state index in [-0.39, 0.29) is 27.2 Å². The molecule has 0 fully saturated rings. The van der Waals surface area contributed by atoms with Gasteiger partial charge in [-0.1, -0.05) is 62.7 Å². The first-order chi connectivity index (χ1) is 15.9. The van der Waals surface area contributed by atoms with Crippen molar-refractivity contribution in [2.75, 3.05) is 0 Å². The van der Waals surface area contributed by atoms with Crippen molar-refractivity contribution in [3.05, 3.63) is 93.1 Å². The van der Waals surface area contributed by atoms with Gasteiger partial charge in [-0.05, 0) is 67.1 Å². The summed E-state index contributed by atoms with van der Waals surface area (Å²) in [5, 5.41) is 0.271. The van der Waals surface area contributed by atoms with Crippen LogP contribution in [0, 0.1) is 20.8 Å². The molecule has 0 aliphatic heterocycles. The Kier molecular flexibility index (Phi) is 5.90. The fourth-order valence-corrected chi connectivity index (χ4v) is 4.62. The zero-order chi connectivity index (χ0) is 24.8. The van der Waals surface area contributed by atoms with Gasteiger partial charge in [-0.25, -0.2) is 0 Å². The zero-order valence-electron chi connectivity index (χ0n) is 20.2. The van der Waals surface area contributed by atoms with Crippen LogP contribution in [0.3, 0.4) is 0 Å². The summed E-state index contributed by atoms with van der Waals surface area (Å²) < 4.78 is 37.8. The fraction of sp³-hybridized carbons (Fsp3) is 0.250. The third kappa shape index (κ3) is 4.50. The Morgan fingerprint density at radius 2 is 1.41 bits per heavy atom. The number of fused-ring (bicyclic) bond motifs is 1. The molecule has 6 heteroatoms. The Bertz CT molecular complexity index is 1540. The molecule has 1 heterocycles. The lowest BCUT2D eigenvalue weighted by atomic mass is 9.86. The van der Waals surface area contributed by atoms with Gasteiger partial charge in [0.05, 0.1) is 5.39 Å². The molecule has 0 N–H and O–H groups in total. The lowest BCUT2D eigenvalue weighted by molar-refractivity contribution is 0.471. The van der Waals surface area contributed by atoms with E-state index in [4.69, 9.17) is 8.60 Å². The van der Waals surface area contributed by atoms with Crippen LogP contribution in [0.25, 0.3) is 22.3 Å². The predicted octanol–water partition coefficient (Wildman–Crippen LogP) is 6.45. The molecule has 0 atom stereocenters. The summed E-state index contributed by atoms with van der Waals surface area (Å²) in [6.45, 7) is 12.0. The van der Waals surface area contributed by atoms with Gasteiger partial charge in [0.2, 0.25) is 11.2 Å². The summed E-state index contributed by atoms with van der Waals surface area (Å²) in [5.74, 6) is -0.267. The molecule has 0 spiro atoms. The maximum absolute atomic E-state index is 13.5. The van der Waals surface area contributed by atoms with Crippen LogP contribution in [0.1, 0.15) is 43.0 Å². The smallest absolute Gasteiger partial charge is 0.339 e. The highest BCUT2D eigenvalue weighted by molar-refractivity contribution is 7.87. The van der Waals surface area contributed by atoms with Crippen molar-refractivity contribution in [3.63, 3.8) is 0 Å². The van der Waals surface area contributed by atoms with Crippen molar-refractivity contribution in [2.45, 2.75) is 51.9 Å². The fourth-order valence-electron chi connectivity index (χ4n) is 3.68. The molecule has 34 heavy (non-hydrogen) atoms. The maximum atomic E-state index is 13.5. The molecule has 0 unspecified atom stereocenters. The van der Waals surface area contributed by atoms with Gasteiger partial charge in [-0.2, -0.15) is 8.42 Å². The highest BCUT2D eigenvalue weighted by atomic mass is 32.2. The molecule has 0 aliphatic carbocycles. The molecule has 4 rings (SSSR count). The van der Waals surface area contributed by atoms with E-state index in [1.54, 1.807) is 24.3 Å². The summed E-state index contributed by atoms with van der Waals surface area (Å²) in [6, 6.07) is 17.3. The molecule has 0 aliphatic rings. The average molecular weight is 477 g/mol. The Hall–Kier alpha value is -3.38. The minimum Gasteiger partial charge on any atom is -0.452 e. The van der Waals surface area contributed by atoms with Gasteiger partial charge in [0.15, 0.2) is 5.76 Å². The van der Waals surface area contributed by atoms with Crippen LogP contribution in [0.15, 0.2) is 74.8 Å². The van der Waals surface area contributed by atoms with Crippen molar-refractivity contribution in [2.24, 2.45) is 0 Å². The van der Waals surface area contributed by atoms with Crippen LogP contribution >= 0.6 is 0 Å². The van der Waals surface area contributed by atoms with E-state index >= 15 is 0 Å². The number of aryl methyl sites for hydroxylation is 3. The van der Waals surface area contributed by atoms with Crippen LogP contribution in [0.4, 0.5) is 0 Å². The second-order valence-electron chi connectivity index (χ2n) is 9.70. The largest absolute Gasteiger partial charge is 0.452 e. The Morgan fingerprint density at radius 3 is 2.00 bits per heavy atom. The number of rotatable bonds is 4. The van der Waals surface area contributed by atoms with Crippen molar-refractivity contribution < 1.29 is 17.0 Å². The van der Waals surface area contributed by atoms with E-state index in [0.29, 0.717) is 11.1 Å². The van der Waals surface area contributed by atoms with E-state index in [0.717, 1.165) is 22.3 Å². The van der Waals surface area contributed by atoms with Crippen molar-refractivity contribution in [3.8, 4) is 17.1 Å². The van der Waals surface area contributed by atoms with Gasteiger partial charge in [0.25, 0.3) is 0 Å². The second kappa shape index (κ2) is 8.44. The van der Waals surface area contributed by atoms with Crippen LogP contribution in [0.5, 0.6) is 5.75 Å². The molecule has 0 radical (unpaired) electrons. The van der Waals surface area contributed by atoms with E-state index in [1.165, 1.54) is 12.1 Å². The van der Waals surface area contributed by atoms with Gasteiger partial charge in [0.1, 0.15) is 10.5 Å². The molecule has 0 saturated carbocycles. The molecule has 3 aromatic carbocycles. The van der Waals surface area contributed by atoms with Gasteiger partial charge in [0, 0.05) is 5.56 Å². The van der Waals surface area contributed by atoms with Gasteiger partial charge in [-0.15, -0.1) is 0 Å². The molecule has 176 valence electrons. The van der Waals surface area contributed by atoms with Gasteiger partial charge >= 0.3 is 10.1 Å². The van der Waals surface area contributed by atoms with E-state index in [1.807, 2.05) is 45.0 Å². The first-order valence-electron chi connectivity index (χ1n) is 11.1. The molecule has 1 aromatic heterocycles. The lowest BCUT2D eigenvalue weighted by Gasteiger charge is -2.19. The molecule has 0 amide bonds.